The first kappa shape index (κ1) is 17.1. The zero-order valence-corrected chi connectivity index (χ0v) is 14.5. The molecule has 3 N–H and O–H groups in total. The predicted octanol–water partition coefficient (Wildman–Crippen LogP) is 2.41. The van der Waals surface area contributed by atoms with E-state index in [4.69, 9.17) is 0 Å². The van der Waals surface area contributed by atoms with Gasteiger partial charge in [-0.1, -0.05) is 31.9 Å². The SMILES string of the molecule is Cc1nc(-c2cccc(NC(=O)C(=O)NC3CCCCC3C)c2)n[nH]1. The topological polar surface area (TPSA) is 99.8 Å². The Morgan fingerprint density at radius 1 is 1.20 bits per heavy atom. The standard InChI is InChI=1S/C18H23N5O2/c1-11-6-3-4-9-15(11)21-18(25)17(24)20-14-8-5-7-13(10-14)16-19-12(2)22-23-16/h5,7-8,10-11,15H,3-4,6,9H2,1-2H3,(H,20,24)(H,21,25)(H,19,22,23). The number of nitrogens with one attached hydrogen (secondary N) is 3. The van der Waals surface area contributed by atoms with Gasteiger partial charge in [-0.3, -0.25) is 14.7 Å². The van der Waals surface area contributed by atoms with Crippen molar-refractivity contribution in [3.8, 4) is 11.4 Å². The van der Waals surface area contributed by atoms with Crippen LogP contribution in [0.5, 0.6) is 0 Å². The van der Waals surface area contributed by atoms with E-state index in [9.17, 15) is 9.59 Å². The molecule has 1 aromatic heterocycles. The van der Waals surface area contributed by atoms with Crippen LogP contribution in [-0.4, -0.2) is 33.0 Å². The Balaban J connectivity index is 1.63. The Labute approximate surface area is 146 Å². The lowest BCUT2D eigenvalue weighted by molar-refractivity contribution is -0.137. The van der Waals surface area contributed by atoms with E-state index in [0.29, 0.717) is 23.3 Å². The number of hydrogen-bond donors (Lipinski definition) is 3. The van der Waals surface area contributed by atoms with Crippen molar-refractivity contribution in [2.75, 3.05) is 5.32 Å². The Bertz CT molecular complexity index is 770. The quantitative estimate of drug-likeness (QED) is 0.746. The summed E-state index contributed by atoms with van der Waals surface area (Å²) in [7, 11) is 0. The normalized spacial score (nSPS) is 20.1. The molecule has 2 unspecified atom stereocenters. The van der Waals surface area contributed by atoms with Gasteiger partial charge in [-0.2, -0.15) is 5.10 Å². The van der Waals surface area contributed by atoms with Crippen LogP contribution in [0.25, 0.3) is 11.4 Å². The smallest absolute Gasteiger partial charge is 0.313 e. The van der Waals surface area contributed by atoms with Gasteiger partial charge in [-0.05, 0) is 37.8 Å². The van der Waals surface area contributed by atoms with Crippen molar-refractivity contribution in [3.05, 3.63) is 30.1 Å². The summed E-state index contributed by atoms with van der Waals surface area (Å²) in [6, 6.07) is 7.20. The lowest BCUT2D eigenvalue weighted by Gasteiger charge is -2.29. The minimum atomic E-state index is -0.652. The summed E-state index contributed by atoms with van der Waals surface area (Å²) in [5.74, 6) is 0.432. The molecule has 1 aliphatic rings. The van der Waals surface area contributed by atoms with E-state index in [-0.39, 0.29) is 6.04 Å². The highest BCUT2D eigenvalue weighted by atomic mass is 16.2. The van der Waals surface area contributed by atoms with Crippen LogP contribution in [-0.2, 0) is 9.59 Å². The second-order valence-electron chi connectivity index (χ2n) is 6.62. The van der Waals surface area contributed by atoms with Crippen molar-refractivity contribution in [2.45, 2.75) is 45.6 Å². The van der Waals surface area contributed by atoms with Crippen LogP contribution >= 0.6 is 0 Å². The Hall–Kier alpha value is -2.70. The van der Waals surface area contributed by atoms with E-state index < -0.39 is 11.8 Å². The fraction of sp³-hybridized carbons (Fsp3) is 0.444. The fourth-order valence-electron chi connectivity index (χ4n) is 3.16. The van der Waals surface area contributed by atoms with Crippen molar-refractivity contribution in [1.29, 1.82) is 0 Å². The minimum absolute atomic E-state index is 0.0783. The Morgan fingerprint density at radius 2 is 2.00 bits per heavy atom. The number of rotatable bonds is 3. The lowest BCUT2D eigenvalue weighted by Crippen LogP contribution is -2.45. The third-order valence-corrected chi connectivity index (χ3v) is 4.61. The van der Waals surface area contributed by atoms with Crippen LogP contribution in [0.15, 0.2) is 24.3 Å². The highest BCUT2D eigenvalue weighted by Gasteiger charge is 2.25. The maximum absolute atomic E-state index is 12.2. The molecule has 0 radical (unpaired) electrons. The van der Waals surface area contributed by atoms with Gasteiger partial charge in [0.05, 0.1) is 0 Å². The summed E-state index contributed by atoms with van der Waals surface area (Å²) in [5.41, 5.74) is 1.31. The largest absolute Gasteiger partial charge is 0.345 e. The molecule has 2 atom stereocenters. The summed E-state index contributed by atoms with van der Waals surface area (Å²) < 4.78 is 0. The van der Waals surface area contributed by atoms with Gasteiger partial charge < -0.3 is 10.6 Å². The molecule has 3 rings (SSSR count). The average molecular weight is 341 g/mol. The predicted molar refractivity (Wildman–Crippen MR) is 94.7 cm³/mol. The molecular formula is C18H23N5O2. The fourth-order valence-corrected chi connectivity index (χ4v) is 3.16. The number of aromatic nitrogens is 3. The van der Waals surface area contributed by atoms with Gasteiger partial charge >= 0.3 is 11.8 Å². The number of nitrogens with zero attached hydrogens (tertiary/aromatic N) is 2. The summed E-state index contributed by atoms with van der Waals surface area (Å²) in [4.78, 5) is 28.6. The van der Waals surface area contributed by atoms with E-state index in [1.54, 1.807) is 18.2 Å². The maximum atomic E-state index is 12.2. The molecule has 7 nitrogen and oxygen atoms in total. The van der Waals surface area contributed by atoms with Crippen LogP contribution in [0.3, 0.4) is 0 Å². The van der Waals surface area contributed by atoms with Crippen LogP contribution in [0.4, 0.5) is 5.69 Å². The van der Waals surface area contributed by atoms with Crippen molar-refractivity contribution in [1.82, 2.24) is 20.5 Å². The third kappa shape index (κ3) is 4.23. The maximum Gasteiger partial charge on any atom is 0.313 e. The molecule has 0 spiro atoms. The molecule has 1 aliphatic carbocycles. The monoisotopic (exact) mass is 341 g/mol. The summed E-state index contributed by atoms with van der Waals surface area (Å²) >= 11 is 0. The van der Waals surface area contributed by atoms with Gasteiger partial charge in [0, 0.05) is 17.3 Å². The van der Waals surface area contributed by atoms with Crippen LogP contribution in [0, 0.1) is 12.8 Å². The first-order valence-corrected chi connectivity index (χ1v) is 8.64. The second kappa shape index (κ2) is 7.46. The lowest BCUT2D eigenvalue weighted by atomic mass is 9.86. The van der Waals surface area contributed by atoms with E-state index in [1.165, 1.54) is 6.42 Å². The highest BCUT2D eigenvalue weighted by molar-refractivity contribution is 6.39. The van der Waals surface area contributed by atoms with E-state index >= 15 is 0 Å². The molecule has 0 bridgehead atoms. The number of benzene rings is 1. The molecule has 0 aliphatic heterocycles. The van der Waals surface area contributed by atoms with Gasteiger partial charge in [0.1, 0.15) is 5.82 Å². The average Bonchev–Trinajstić information content (AvgIpc) is 3.03. The highest BCUT2D eigenvalue weighted by Crippen LogP contribution is 2.24. The Kier molecular flexibility index (Phi) is 5.11. The number of amides is 2. The number of H-pyrrole nitrogens is 1. The number of aromatic amines is 1. The van der Waals surface area contributed by atoms with Crippen LogP contribution in [0.2, 0.25) is 0 Å². The van der Waals surface area contributed by atoms with Gasteiger partial charge in [-0.15, -0.1) is 0 Å². The summed E-state index contributed by atoms with van der Waals surface area (Å²) in [6.45, 7) is 3.93. The molecule has 25 heavy (non-hydrogen) atoms. The molecule has 1 aromatic carbocycles. The molecule has 2 aromatic rings. The number of hydrogen-bond acceptors (Lipinski definition) is 4. The van der Waals surface area contributed by atoms with Gasteiger partial charge in [0.2, 0.25) is 0 Å². The first-order valence-electron chi connectivity index (χ1n) is 8.64. The van der Waals surface area contributed by atoms with Crippen molar-refractivity contribution < 1.29 is 9.59 Å². The molecule has 2 amide bonds. The molecular weight excluding hydrogens is 318 g/mol. The van der Waals surface area contributed by atoms with Crippen LogP contribution < -0.4 is 10.6 Å². The van der Waals surface area contributed by atoms with Crippen molar-refractivity contribution in [2.24, 2.45) is 5.92 Å². The van der Waals surface area contributed by atoms with Crippen molar-refractivity contribution in [3.63, 3.8) is 0 Å². The second-order valence-corrected chi connectivity index (χ2v) is 6.62. The zero-order valence-electron chi connectivity index (χ0n) is 14.5. The van der Waals surface area contributed by atoms with Gasteiger partial charge in [-0.25, -0.2) is 4.98 Å². The zero-order chi connectivity index (χ0) is 17.8. The molecule has 0 saturated heterocycles. The van der Waals surface area contributed by atoms with Gasteiger partial charge in [0.15, 0.2) is 5.82 Å². The molecule has 7 heteroatoms. The van der Waals surface area contributed by atoms with E-state index in [1.807, 2.05) is 13.0 Å². The van der Waals surface area contributed by atoms with Crippen LogP contribution in [0.1, 0.15) is 38.4 Å². The van der Waals surface area contributed by atoms with Crippen molar-refractivity contribution >= 4 is 17.5 Å². The first-order chi connectivity index (χ1) is 12.0. The van der Waals surface area contributed by atoms with E-state index in [2.05, 4.69) is 32.7 Å². The minimum Gasteiger partial charge on any atom is -0.345 e. The molecule has 132 valence electrons. The molecule has 1 saturated carbocycles. The number of carbonyl (C=O) groups excluding carboxylic acids is 2. The third-order valence-electron chi connectivity index (χ3n) is 4.61. The summed E-state index contributed by atoms with van der Waals surface area (Å²) in [5, 5.41) is 12.4. The Morgan fingerprint density at radius 3 is 2.72 bits per heavy atom. The number of anilines is 1. The molecule has 1 fully saturated rings. The number of carbonyl (C=O) groups is 2. The van der Waals surface area contributed by atoms with E-state index in [0.717, 1.165) is 24.8 Å². The van der Waals surface area contributed by atoms with Gasteiger partial charge in [0.25, 0.3) is 0 Å². The molecule has 1 heterocycles. The number of aryl methyl sites for hydroxylation is 1. The summed E-state index contributed by atoms with van der Waals surface area (Å²) in [6.07, 6.45) is 4.30.